The summed E-state index contributed by atoms with van der Waals surface area (Å²) in [7, 11) is 14.7. The zero-order valence-electron chi connectivity index (χ0n) is 10.0. The molecule has 2 unspecified atom stereocenters. The molecule has 9 heteroatoms. The molecule has 0 rings (SSSR count). The molecule has 0 heterocycles. The Morgan fingerprint density at radius 2 is 1.29 bits per heavy atom. The van der Waals surface area contributed by atoms with E-state index in [1.54, 1.807) is 13.8 Å². The van der Waals surface area contributed by atoms with Crippen LogP contribution < -0.4 is 6.25 Å². The van der Waals surface area contributed by atoms with Crippen LogP contribution in [0, 0.1) is 0 Å². The summed E-state index contributed by atoms with van der Waals surface area (Å²) in [6, 6.07) is -1.26. The molecule has 0 bridgehead atoms. The van der Waals surface area contributed by atoms with E-state index in [4.69, 9.17) is 16.6 Å². The Balaban J connectivity index is 4.38. The Bertz CT molecular complexity index is 265. The van der Waals surface area contributed by atoms with Gasteiger partial charge in [-0.2, -0.15) is 0 Å². The Morgan fingerprint density at radius 1 is 1.00 bits per heavy atom. The maximum atomic E-state index is 11.2. The van der Waals surface area contributed by atoms with Gasteiger partial charge in [-0.15, -0.1) is 0 Å². The molecule has 2 atom stereocenters. The van der Waals surface area contributed by atoms with Crippen LogP contribution in [0.3, 0.4) is 0 Å². The van der Waals surface area contributed by atoms with Crippen LogP contribution in [0.15, 0.2) is 0 Å². The van der Waals surface area contributed by atoms with Crippen LogP contribution in [0.2, 0.25) is 0 Å². The fraction of sp³-hybridized carbons (Fsp3) is 0.750. The number of halogens is 2. The van der Waals surface area contributed by atoms with Gasteiger partial charge in [0.1, 0.15) is 0 Å². The van der Waals surface area contributed by atoms with Crippen molar-refractivity contribution in [3.8, 4) is 0 Å². The first-order valence-corrected chi connectivity index (χ1v) is 18.3. The maximum absolute atomic E-state index is 11.2. The van der Waals surface area contributed by atoms with Crippen LogP contribution in [-0.2, 0) is 19.1 Å². The predicted molar refractivity (Wildman–Crippen MR) is 66.7 cm³/mol. The van der Waals surface area contributed by atoms with Crippen molar-refractivity contribution < 1.29 is 19.1 Å². The molecule has 0 amide bonds. The molecule has 6 nitrogen and oxygen atoms in total. The standard InChI is InChI=1S/2C4H8NO2.2ClH.Pb/c2*1-3(5)4(6)7-2;;;/h2*3,5H,1-2H3;2*1H;/q2*-1;;;+4/p-2. The third-order valence-corrected chi connectivity index (χ3v) is 11.9. The minimum atomic E-state index is -4.04. The molecule has 17 heavy (non-hydrogen) atoms. The third-order valence-electron chi connectivity index (χ3n) is 1.91. The zero-order valence-corrected chi connectivity index (χ0v) is 15.4. The second kappa shape index (κ2) is 7.72. The number of methoxy groups -OCH3 is 2. The van der Waals surface area contributed by atoms with E-state index < -0.39 is 43.3 Å². The zero-order chi connectivity index (χ0) is 13.6. The van der Waals surface area contributed by atoms with E-state index >= 15 is 0 Å². The van der Waals surface area contributed by atoms with E-state index in [-0.39, 0.29) is 0 Å². The molecule has 0 saturated carbocycles. The summed E-state index contributed by atoms with van der Waals surface area (Å²) < 4.78 is 14.6. The van der Waals surface area contributed by atoms with Crippen LogP contribution in [0.5, 0.6) is 0 Å². The van der Waals surface area contributed by atoms with E-state index in [1.807, 2.05) is 0 Å². The van der Waals surface area contributed by atoms with Gasteiger partial charge in [-0.3, -0.25) is 0 Å². The van der Waals surface area contributed by atoms with Crippen molar-refractivity contribution in [3.05, 3.63) is 0 Å². The number of nitrogens with one attached hydrogen (secondary N) is 2. The molecule has 0 aromatic heterocycles. The molecule has 0 saturated heterocycles. The van der Waals surface area contributed by atoms with Crippen molar-refractivity contribution in [3.63, 3.8) is 0 Å². The van der Waals surface area contributed by atoms with Gasteiger partial charge in [0.2, 0.25) is 0 Å². The Labute approximate surface area is 113 Å². The predicted octanol–water partition coefficient (Wildman–Crippen LogP) is 0.202. The van der Waals surface area contributed by atoms with E-state index in [2.05, 4.69) is 15.7 Å². The van der Waals surface area contributed by atoms with Crippen molar-refractivity contribution >= 4 is 47.9 Å². The second-order valence-electron chi connectivity index (χ2n) is 3.35. The summed E-state index contributed by atoms with van der Waals surface area (Å²) >= 11 is -4.04. The molecule has 0 aromatic carbocycles. The average molecular weight is 482 g/mol. The molecule has 2 N–H and O–H groups in total. The number of carbonyl (C=O) groups excluding carboxylic acids is 2. The summed E-state index contributed by atoms with van der Waals surface area (Å²) in [5, 5.41) is 0. The number of esters is 2. The van der Waals surface area contributed by atoms with Crippen molar-refractivity contribution in [1.82, 2.24) is 6.25 Å². The average Bonchev–Trinajstić information content (AvgIpc) is 2.25. The van der Waals surface area contributed by atoms with Crippen LogP contribution in [0.1, 0.15) is 13.8 Å². The molecule has 0 aliphatic carbocycles. The molecule has 0 aliphatic rings. The van der Waals surface area contributed by atoms with Gasteiger partial charge in [0.05, 0.1) is 0 Å². The monoisotopic (exact) mass is 482 g/mol. The van der Waals surface area contributed by atoms with Crippen molar-refractivity contribution in [2.75, 3.05) is 14.2 Å². The van der Waals surface area contributed by atoms with Crippen molar-refractivity contribution in [2.24, 2.45) is 0 Å². The molecule has 0 spiro atoms. The van der Waals surface area contributed by atoms with E-state index in [9.17, 15) is 9.59 Å². The normalized spacial score (nSPS) is 14.9. The summed E-state index contributed by atoms with van der Waals surface area (Å²) in [5.74, 6) is -0.939. The van der Waals surface area contributed by atoms with Gasteiger partial charge in [0, 0.05) is 0 Å². The molecular weight excluding hydrogens is 466 g/mol. The molecule has 0 aliphatic heterocycles. The first-order valence-electron chi connectivity index (χ1n) is 4.82. The SMILES string of the molecule is COC(=O)C(C)[NH][Pb]([Cl])([Cl])[NH]C(C)C(=O)OC. The fourth-order valence-corrected chi connectivity index (χ4v) is 12.3. The van der Waals surface area contributed by atoms with Crippen LogP contribution >= 0.6 is 16.6 Å². The number of carbonyl (C=O) groups is 2. The molecule has 0 radical (unpaired) electrons. The van der Waals surface area contributed by atoms with Gasteiger partial charge in [0.15, 0.2) is 0 Å². The van der Waals surface area contributed by atoms with Crippen molar-refractivity contribution in [1.29, 1.82) is 0 Å². The summed E-state index contributed by atoms with van der Waals surface area (Å²) in [5.41, 5.74) is 0. The molecule has 0 aromatic rings. The van der Waals surface area contributed by atoms with E-state index in [1.165, 1.54) is 14.2 Å². The number of hydrogen-bond donors (Lipinski definition) is 2. The topological polar surface area (TPSA) is 76.7 Å². The number of rotatable bonds is 6. The van der Waals surface area contributed by atoms with Gasteiger partial charge in [-0.1, -0.05) is 0 Å². The molecular formula is C8H16Cl2N2O4Pb. The summed E-state index contributed by atoms with van der Waals surface area (Å²) in [6.07, 6.45) is 0. The minimum absolute atomic E-state index is 0.469. The Hall–Kier alpha value is 0.362. The number of hydrogen-bond acceptors (Lipinski definition) is 6. The molecule has 100 valence electrons. The van der Waals surface area contributed by atoms with Crippen LogP contribution in [0.4, 0.5) is 0 Å². The van der Waals surface area contributed by atoms with Crippen LogP contribution in [0.25, 0.3) is 0 Å². The van der Waals surface area contributed by atoms with Crippen LogP contribution in [-0.4, -0.2) is 57.6 Å². The second-order valence-corrected chi connectivity index (χ2v) is 21.7. The van der Waals surface area contributed by atoms with Gasteiger partial charge in [0.25, 0.3) is 0 Å². The first-order chi connectivity index (χ1) is 7.73. The quantitative estimate of drug-likeness (QED) is 0.417. The van der Waals surface area contributed by atoms with Gasteiger partial charge in [-0.25, -0.2) is 0 Å². The van der Waals surface area contributed by atoms with Gasteiger partial charge < -0.3 is 0 Å². The number of ether oxygens (including phenoxy) is 2. The van der Waals surface area contributed by atoms with E-state index in [0.29, 0.717) is 0 Å². The van der Waals surface area contributed by atoms with E-state index in [0.717, 1.165) is 0 Å². The third kappa shape index (κ3) is 6.75. The summed E-state index contributed by atoms with van der Waals surface area (Å²) in [4.78, 5) is 22.4. The molecule has 0 fully saturated rings. The van der Waals surface area contributed by atoms with Gasteiger partial charge >= 0.3 is 113 Å². The Morgan fingerprint density at radius 3 is 1.53 bits per heavy atom. The van der Waals surface area contributed by atoms with Gasteiger partial charge in [-0.05, 0) is 0 Å². The fourth-order valence-electron chi connectivity index (χ4n) is 1.06. The summed E-state index contributed by atoms with van der Waals surface area (Å²) in [6.45, 7) is 3.16. The Kier molecular flexibility index (Phi) is 7.89. The first kappa shape index (κ1) is 17.4. The van der Waals surface area contributed by atoms with Crippen molar-refractivity contribution in [2.45, 2.75) is 25.9 Å².